The molecule has 23 heavy (non-hydrogen) atoms. The molecule has 0 saturated heterocycles. The lowest BCUT2D eigenvalue weighted by Crippen LogP contribution is -2.18. The SMILES string of the molecule is CC(C)(c1ccc(CSC#N)cc1)c1ccc(CSC#N)cc1. The van der Waals surface area contributed by atoms with Crippen molar-refractivity contribution in [1.82, 2.24) is 0 Å². The van der Waals surface area contributed by atoms with Gasteiger partial charge in [-0.2, -0.15) is 10.5 Å². The fraction of sp³-hybridized carbons (Fsp3) is 0.263. The highest BCUT2D eigenvalue weighted by atomic mass is 32.2. The monoisotopic (exact) mass is 338 g/mol. The summed E-state index contributed by atoms with van der Waals surface area (Å²) in [5.41, 5.74) is 4.76. The number of nitrogens with zero attached hydrogens (tertiary/aromatic N) is 2. The van der Waals surface area contributed by atoms with Crippen LogP contribution < -0.4 is 0 Å². The molecule has 2 rings (SSSR count). The fourth-order valence-corrected chi connectivity index (χ4v) is 3.28. The van der Waals surface area contributed by atoms with Gasteiger partial charge in [0.15, 0.2) is 0 Å². The Morgan fingerprint density at radius 3 is 1.39 bits per heavy atom. The second-order valence-corrected chi connectivity index (χ2v) is 7.30. The van der Waals surface area contributed by atoms with Crippen molar-refractivity contribution in [3.63, 3.8) is 0 Å². The molecular formula is C19H18N2S2. The molecule has 0 atom stereocenters. The summed E-state index contributed by atoms with van der Waals surface area (Å²) in [5.74, 6) is 1.45. The van der Waals surface area contributed by atoms with Crippen molar-refractivity contribution in [2.45, 2.75) is 30.8 Å². The lowest BCUT2D eigenvalue weighted by molar-refractivity contribution is 0.640. The zero-order valence-corrected chi connectivity index (χ0v) is 14.9. The van der Waals surface area contributed by atoms with E-state index in [9.17, 15) is 0 Å². The average molecular weight is 339 g/mol. The molecule has 2 aromatic carbocycles. The molecule has 0 aliphatic heterocycles. The Kier molecular flexibility index (Phi) is 6.16. The summed E-state index contributed by atoms with van der Waals surface area (Å²) in [6.07, 6.45) is 0. The standard InChI is InChI=1S/C19H18N2S2/c1-19(2,17-7-3-15(4-8-17)11-22-13-20)18-9-5-16(6-10-18)12-23-14-21/h3-10H,11-12H2,1-2H3. The highest BCUT2D eigenvalue weighted by Crippen LogP contribution is 2.32. The number of thiocyanates is 2. The van der Waals surface area contributed by atoms with Gasteiger partial charge in [-0.15, -0.1) is 0 Å². The maximum atomic E-state index is 8.63. The van der Waals surface area contributed by atoms with Gasteiger partial charge in [0, 0.05) is 16.9 Å². The van der Waals surface area contributed by atoms with Crippen LogP contribution in [-0.4, -0.2) is 0 Å². The lowest BCUT2D eigenvalue weighted by Gasteiger charge is -2.26. The highest BCUT2D eigenvalue weighted by Gasteiger charge is 2.22. The second kappa shape index (κ2) is 8.11. The van der Waals surface area contributed by atoms with E-state index in [0.717, 1.165) is 11.5 Å². The summed E-state index contributed by atoms with van der Waals surface area (Å²) in [7, 11) is 0. The van der Waals surface area contributed by atoms with E-state index in [1.165, 1.54) is 45.8 Å². The van der Waals surface area contributed by atoms with Crippen LogP contribution in [0.5, 0.6) is 0 Å². The minimum Gasteiger partial charge on any atom is -0.185 e. The Bertz CT molecular complexity index is 656. The number of hydrogen-bond acceptors (Lipinski definition) is 4. The molecule has 0 amide bonds. The molecule has 0 radical (unpaired) electrons. The Morgan fingerprint density at radius 2 is 1.09 bits per heavy atom. The molecule has 0 N–H and O–H groups in total. The van der Waals surface area contributed by atoms with Crippen LogP contribution in [0.2, 0.25) is 0 Å². The van der Waals surface area contributed by atoms with E-state index < -0.39 is 0 Å². The van der Waals surface area contributed by atoms with Gasteiger partial charge in [-0.05, 0) is 45.8 Å². The molecule has 0 fully saturated rings. The van der Waals surface area contributed by atoms with Crippen LogP contribution in [0.4, 0.5) is 0 Å². The molecule has 2 nitrogen and oxygen atoms in total. The number of benzene rings is 2. The molecule has 0 aromatic heterocycles. The lowest BCUT2D eigenvalue weighted by atomic mass is 9.78. The molecule has 4 heteroatoms. The number of nitriles is 2. The van der Waals surface area contributed by atoms with E-state index in [2.05, 4.69) is 73.2 Å². The van der Waals surface area contributed by atoms with Crippen LogP contribution in [-0.2, 0) is 16.9 Å². The zero-order valence-electron chi connectivity index (χ0n) is 13.2. The molecule has 0 aliphatic carbocycles. The van der Waals surface area contributed by atoms with Gasteiger partial charge in [-0.3, -0.25) is 0 Å². The number of rotatable bonds is 6. The van der Waals surface area contributed by atoms with Crippen LogP contribution in [0.25, 0.3) is 0 Å². The molecule has 0 heterocycles. The summed E-state index contributed by atoms with van der Waals surface area (Å²) < 4.78 is 0. The van der Waals surface area contributed by atoms with Crippen LogP contribution in [0.3, 0.4) is 0 Å². The second-order valence-electron chi connectivity index (χ2n) is 5.78. The van der Waals surface area contributed by atoms with Crippen molar-refractivity contribution in [1.29, 1.82) is 10.5 Å². The van der Waals surface area contributed by atoms with E-state index in [1.54, 1.807) is 0 Å². The van der Waals surface area contributed by atoms with Gasteiger partial charge in [0.05, 0.1) is 0 Å². The minimum absolute atomic E-state index is 0.0815. The van der Waals surface area contributed by atoms with Crippen molar-refractivity contribution in [3.8, 4) is 10.8 Å². The largest absolute Gasteiger partial charge is 0.185 e. The molecule has 0 bridgehead atoms. The Labute approximate surface area is 146 Å². The van der Waals surface area contributed by atoms with Crippen LogP contribution in [0, 0.1) is 21.3 Å². The van der Waals surface area contributed by atoms with Crippen LogP contribution in [0.15, 0.2) is 48.5 Å². The van der Waals surface area contributed by atoms with Gasteiger partial charge in [0.25, 0.3) is 0 Å². The highest BCUT2D eigenvalue weighted by molar-refractivity contribution is 8.03. The van der Waals surface area contributed by atoms with Gasteiger partial charge < -0.3 is 0 Å². The Morgan fingerprint density at radius 1 is 0.739 bits per heavy atom. The predicted octanol–water partition coefficient (Wildman–Crippen LogP) is 5.44. The van der Waals surface area contributed by atoms with Gasteiger partial charge >= 0.3 is 0 Å². The smallest absolute Gasteiger partial charge is 0.133 e. The molecule has 0 aliphatic rings. The van der Waals surface area contributed by atoms with Gasteiger partial charge in [-0.1, -0.05) is 62.4 Å². The normalized spacial score (nSPS) is 10.8. The van der Waals surface area contributed by atoms with Gasteiger partial charge in [0.1, 0.15) is 10.8 Å². The summed E-state index contributed by atoms with van der Waals surface area (Å²) in [4.78, 5) is 0. The van der Waals surface area contributed by atoms with E-state index in [0.29, 0.717) is 0 Å². The van der Waals surface area contributed by atoms with E-state index in [4.69, 9.17) is 10.5 Å². The summed E-state index contributed by atoms with van der Waals surface area (Å²) in [5, 5.41) is 21.5. The van der Waals surface area contributed by atoms with Gasteiger partial charge in [0.2, 0.25) is 0 Å². The zero-order chi connectivity index (χ0) is 16.7. The van der Waals surface area contributed by atoms with Crippen molar-refractivity contribution in [2.75, 3.05) is 0 Å². The first kappa shape index (κ1) is 17.5. The van der Waals surface area contributed by atoms with E-state index in [1.807, 2.05) is 0 Å². The first-order valence-electron chi connectivity index (χ1n) is 7.28. The molecule has 116 valence electrons. The van der Waals surface area contributed by atoms with Crippen molar-refractivity contribution in [2.24, 2.45) is 0 Å². The topological polar surface area (TPSA) is 47.6 Å². The van der Waals surface area contributed by atoms with Gasteiger partial charge in [-0.25, -0.2) is 0 Å². The maximum Gasteiger partial charge on any atom is 0.133 e. The third-order valence-corrected chi connectivity index (χ3v) is 5.17. The fourth-order valence-electron chi connectivity index (χ4n) is 2.43. The first-order valence-corrected chi connectivity index (χ1v) is 9.25. The van der Waals surface area contributed by atoms with Crippen molar-refractivity contribution >= 4 is 23.5 Å². The number of hydrogen-bond donors (Lipinski definition) is 0. The maximum absolute atomic E-state index is 8.63. The van der Waals surface area contributed by atoms with Crippen molar-refractivity contribution in [3.05, 3.63) is 70.8 Å². The molecule has 0 saturated carbocycles. The quantitative estimate of drug-likeness (QED) is 0.658. The first-order chi connectivity index (χ1) is 11.1. The van der Waals surface area contributed by atoms with Crippen LogP contribution >= 0.6 is 23.5 Å². The summed E-state index contributed by atoms with van der Waals surface area (Å²) >= 11 is 2.52. The third-order valence-electron chi connectivity index (χ3n) is 3.96. The minimum atomic E-state index is -0.0815. The molecular weight excluding hydrogens is 320 g/mol. The Balaban J connectivity index is 2.17. The average Bonchev–Trinajstić information content (AvgIpc) is 2.59. The van der Waals surface area contributed by atoms with E-state index >= 15 is 0 Å². The predicted molar refractivity (Wildman–Crippen MR) is 98.8 cm³/mol. The number of thioether (sulfide) groups is 2. The molecule has 0 unspecified atom stereocenters. The Hall–Kier alpha value is -1.88. The van der Waals surface area contributed by atoms with E-state index in [-0.39, 0.29) is 5.41 Å². The molecule has 0 spiro atoms. The molecule has 2 aromatic rings. The van der Waals surface area contributed by atoms with Crippen molar-refractivity contribution < 1.29 is 0 Å². The third kappa shape index (κ3) is 4.55. The summed E-state index contributed by atoms with van der Waals surface area (Å²) in [6.45, 7) is 4.43. The van der Waals surface area contributed by atoms with Crippen LogP contribution in [0.1, 0.15) is 36.1 Å². The summed E-state index contributed by atoms with van der Waals surface area (Å²) in [6, 6.07) is 17.0.